The standard InChI is InChI=1S/C28H34N3.ClH/c1-20(2)24-11-9-12-25(21(3)4)28(24)30-18-23-15-14-22-10-8-13-26(27(22)31(23)19-30)29-16-6-5-7-17-29;/h8-15,18-21H,5-7,16-17H2,1-4H3;1H/q+1;/p-1. The molecule has 1 saturated heterocycles. The highest BCUT2D eigenvalue weighted by molar-refractivity contribution is 5.93. The number of benzene rings is 2. The Kier molecular flexibility index (Phi) is 6.48. The molecule has 4 heteroatoms. The molecule has 1 fully saturated rings. The van der Waals surface area contributed by atoms with E-state index in [4.69, 9.17) is 0 Å². The van der Waals surface area contributed by atoms with Gasteiger partial charge in [0.1, 0.15) is 11.9 Å². The molecule has 0 spiro atoms. The topological polar surface area (TPSA) is 11.5 Å². The lowest BCUT2D eigenvalue weighted by molar-refractivity contribution is -0.595. The molecule has 0 amide bonds. The predicted molar refractivity (Wildman–Crippen MR) is 131 cm³/mol. The van der Waals surface area contributed by atoms with Gasteiger partial charge in [-0.05, 0) is 49.3 Å². The van der Waals surface area contributed by atoms with Gasteiger partial charge < -0.3 is 17.3 Å². The van der Waals surface area contributed by atoms with Crippen molar-refractivity contribution in [1.29, 1.82) is 0 Å². The number of hydrogen-bond acceptors (Lipinski definition) is 1. The van der Waals surface area contributed by atoms with Crippen LogP contribution < -0.4 is 21.9 Å². The maximum atomic E-state index is 2.58. The number of pyridine rings is 1. The van der Waals surface area contributed by atoms with Gasteiger partial charge in [0.2, 0.25) is 0 Å². The summed E-state index contributed by atoms with van der Waals surface area (Å²) in [5, 5.41) is 1.31. The summed E-state index contributed by atoms with van der Waals surface area (Å²) in [6.07, 6.45) is 8.54. The lowest BCUT2D eigenvalue weighted by Crippen LogP contribution is -3.00. The number of rotatable bonds is 4. The van der Waals surface area contributed by atoms with E-state index in [-0.39, 0.29) is 12.4 Å². The van der Waals surface area contributed by atoms with Crippen molar-refractivity contribution in [3.8, 4) is 5.69 Å². The van der Waals surface area contributed by atoms with Crippen molar-refractivity contribution in [2.24, 2.45) is 0 Å². The zero-order valence-electron chi connectivity index (χ0n) is 19.7. The highest BCUT2D eigenvalue weighted by Crippen LogP contribution is 2.31. The Morgan fingerprint density at radius 1 is 0.781 bits per heavy atom. The number of fused-ring (bicyclic) bond motifs is 3. The molecule has 2 aromatic carbocycles. The molecule has 5 rings (SSSR count). The largest absolute Gasteiger partial charge is 1.00 e. The van der Waals surface area contributed by atoms with E-state index in [1.165, 1.54) is 58.2 Å². The lowest BCUT2D eigenvalue weighted by atomic mass is 9.92. The second-order valence-electron chi connectivity index (χ2n) is 9.64. The van der Waals surface area contributed by atoms with E-state index < -0.39 is 0 Å². The summed E-state index contributed by atoms with van der Waals surface area (Å²) < 4.78 is 4.77. The van der Waals surface area contributed by atoms with Crippen LogP contribution in [0.4, 0.5) is 5.69 Å². The van der Waals surface area contributed by atoms with E-state index in [0.717, 1.165) is 13.1 Å². The van der Waals surface area contributed by atoms with Gasteiger partial charge in [-0.3, -0.25) is 0 Å². The van der Waals surface area contributed by atoms with Gasteiger partial charge in [0.05, 0.1) is 5.69 Å². The van der Waals surface area contributed by atoms with Gasteiger partial charge in [0.15, 0.2) is 11.0 Å². The molecule has 3 nitrogen and oxygen atoms in total. The normalized spacial score (nSPS) is 14.5. The average molecular weight is 448 g/mol. The number of para-hydroxylation sites is 2. The number of anilines is 1. The molecule has 168 valence electrons. The summed E-state index contributed by atoms with van der Waals surface area (Å²) in [5.74, 6) is 0.953. The van der Waals surface area contributed by atoms with E-state index in [9.17, 15) is 0 Å². The van der Waals surface area contributed by atoms with Gasteiger partial charge in [0.25, 0.3) is 6.33 Å². The molecule has 2 aromatic heterocycles. The van der Waals surface area contributed by atoms with Crippen LogP contribution in [0.25, 0.3) is 22.1 Å². The Bertz CT molecular complexity index is 1210. The van der Waals surface area contributed by atoms with Crippen LogP contribution in [0.3, 0.4) is 0 Å². The number of imidazole rings is 1. The third kappa shape index (κ3) is 3.88. The minimum absolute atomic E-state index is 0. The highest BCUT2D eigenvalue weighted by Gasteiger charge is 2.23. The summed E-state index contributed by atoms with van der Waals surface area (Å²) >= 11 is 0. The maximum absolute atomic E-state index is 2.58. The van der Waals surface area contributed by atoms with Gasteiger partial charge in [-0.2, -0.15) is 4.40 Å². The second-order valence-corrected chi connectivity index (χ2v) is 9.64. The van der Waals surface area contributed by atoms with Crippen molar-refractivity contribution in [1.82, 2.24) is 4.40 Å². The van der Waals surface area contributed by atoms with Crippen molar-refractivity contribution in [2.75, 3.05) is 18.0 Å². The van der Waals surface area contributed by atoms with Crippen LogP contribution in [-0.4, -0.2) is 17.5 Å². The van der Waals surface area contributed by atoms with Gasteiger partial charge in [-0.25, -0.2) is 4.57 Å². The number of halogens is 1. The fraction of sp³-hybridized carbons (Fsp3) is 0.393. The molecular formula is C28H34ClN3. The van der Waals surface area contributed by atoms with Crippen molar-refractivity contribution in [2.45, 2.75) is 58.8 Å². The van der Waals surface area contributed by atoms with E-state index in [1.807, 2.05) is 0 Å². The van der Waals surface area contributed by atoms with Crippen molar-refractivity contribution < 1.29 is 17.0 Å². The first kappa shape index (κ1) is 22.7. The molecule has 0 unspecified atom stereocenters. The van der Waals surface area contributed by atoms with Crippen molar-refractivity contribution in [3.05, 3.63) is 72.2 Å². The molecule has 4 aromatic rings. The minimum Gasteiger partial charge on any atom is -1.00 e. The summed E-state index contributed by atoms with van der Waals surface area (Å²) in [5.41, 5.74) is 8.10. The van der Waals surface area contributed by atoms with Crippen LogP contribution in [-0.2, 0) is 0 Å². The molecule has 0 N–H and O–H groups in total. The Labute approximate surface area is 198 Å². The molecule has 0 aliphatic carbocycles. The summed E-state index contributed by atoms with van der Waals surface area (Å²) in [6, 6.07) is 18.1. The molecule has 0 radical (unpaired) electrons. The first-order valence-electron chi connectivity index (χ1n) is 11.9. The van der Waals surface area contributed by atoms with E-state index >= 15 is 0 Å². The van der Waals surface area contributed by atoms with Crippen LogP contribution in [0.5, 0.6) is 0 Å². The van der Waals surface area contributed by atoms with Crippen molar-refractivity contribution >= 4 is 22.1 Å². The van der Waals surface area contributed by atoms with Gasteiger partial charge in [-0.1, -0.05) is 58.0 Å². The Balaban J connectivity index is 0.00000245. The fourth-order valence-electron chi connectivity index (χ4n) is 5.18. The smallest absolute Gasteiger partial charge is 0.254 e. The zero-order valence-corrected chi connectivity index (χ0v) is 20.4. The molecule has 32 heavy (non-hydrogen) atoms. The molecular weight excluding hydrogens is 414 g/mol. The van der Waals surface area contributed by atoms with E-state index in [1.54, 1.807) is 0 Å². The van der Waals surface area contributed by atoms with Crippen LogP contribution in [0.1, 0.15) is 69.9 Å². The zero-order chi connectivity index (χ0) is 21.5. The minimum atomic E-state index is 0. The lowest BCUT2D eigenvalue weighted by Gasteiger charge is -2.29. The second kappa shape index (κ2) is 9.15. The molecule has 3 heterocycles. The number of nitrogens with zero attached hydrogens (tertiary/aromatic N) is 3. The monoisotopic (exact) mass is 447 g/mol. The van der Waals surface area contributed by atoms with Crippen molar-refractivity contribution in [3.63, 3.8) is 0 Å². The predicted octanol–water partition coefficient (Wildman–Crippen LogP) is 3.61. The van der Waals surface area contributed by atoms with Gasteiger partial charge in [0, 0.05) is 29.6 Å². The van der Waals surface area contributed by atoms with Gasteiger partial charge in [-0.15, -0.1) is 0 Å². The van der Waals surface area contributed by atoms with Crippen LogP contribution in [0, 0.1) is 0 Å². The fourth-order valence-corrected chi connectivity index (χ4v) is 5.18. The van der Waals surface area contributed by atoms with E-state index in [0.29, 0.717) is 11.8 Å². The first-order chi connectivity index (χ1) is 15.0. The third-order valence-electron chi connectivity index (χ3n) is 6.81. The molecule has 1 aliphatic heterocycles. The summed E-state index contributed by atoms with van der Waals surface area (Å²) in [4.78, 5) is 2.58. The number of aromatic nitrogens is 2. The maximum Gasteiger partial charge on any atom is 0.254 e. The van der Waals surface area contributed by atoms with Crippen LogP contribution >= 0.6 is 0 Å². The Morgan fingerprint density at radius 2 is 1.44 bits per heavy atom. The SMILES string of the molecule is CC(C)c1cccc(C(C)C)c1-[n+]1cc2ccc3cccc(N4CCCCC4)c3n2c1.[Cl-]. The number of hydrogen-bond donors (Lipinski definition) is 0. The average Bonchev–Trinajstić information content (AvgIpc) is 3.23. The molecule has 0 bridgehead atoms. The van der Waals surface area contributed by atoms with Crippen LogP contribution in [0.15, 0.2) is 61.1 Å². The molecule has 0 atom stereocenters. The quantitative estimate of drug-likeness (QED) is 0.435. The Morgan fingerprint density at radius 3 is 2.09 bits per heavy atom. The summed E-state index contributed by atoms with van der Waals surface area (Å²) in [6.45, 7) is 11.5. The van der Waals surface area contributed by atoms with Crippen LogP contribution in [0.2, 0.25) is 0 Å². The first-order valence-corrected chi connectivity index (χ1v) is 11.9. The molecule has 1 aliphatic rings. The van der Waals surface area contributed by atoms with E-state index in [2.05, 4.69) is 103 Å². The Hall–Kier alpha value is -2.52. The third-order valence-corrected chi connectivity index (χ3v) is 6.81. The highest BCUT2D eigenvalue weighted by atomic mass is 35.5. The summed E-state index contributed by atoms with van der Waals surface area (Å²) in [7, 11) is 0. The van der Waals surface area contributed by atoms with Gasteiger partial charge >= 0.3 is 0 Å². The molecule has 0 saturated carbocycles. The number of piperidine rings is 1.